The largest absolute Gasteiger partial charge is 0.392 e. The summed E-state index contributed by atoms with van der Waals surface area (Å²) in [7, 11) is 1.73. The molecule has 0 saturated heterocycles. The SMILES string of the molecule is Cn1nnc(CNCC(O)C2CC2)n1. The highest BCUT2D eigenvalue weighted by Crippen LogP contribution is 2.32. The lowest BCUT2D eigenvalue weighted by Crippen LogP contribution is -2.28. The summed E-state index contributed by atoms with van der Waals surface area (Å²) < 4.78 is 0. The summed E-state index contributed by atoms with van der Waals surface area (Å²) in [6, 6.07) is 0. The van der Waals surface area contributed by atoms with Crippen LogP contribution < -0.4 is 5.32 Å². The number of nitrogens with zero attached hydrogens (tertiary/aromatic N) is 4. The third-order valence-electron chi connectivity index (χ3n) is 2.35. The van der Waals surface area contributed by atoms with E-state index in [0.29, 0.717) is 24.8 Å². The number of aromatic nitrogens is 4. The average Bonchev–Trinajstić information content (AvgIpc) is 2.92. The van der Waals surface area contributed by atoms with E-state index in [1.807, 2.05) is 0 Å². The van der Waals surface area contributed by atoms with E-state index < -0.39 is 0 Å². The van der Waals surface area contributed by atoms with Crippen molar-refractivity contribution >= 4 is 0 Å². The van der Waals surface area contributed by atoms with Crippen molar-refractivity contribution < 1.29 is 5.11 Å². The first kappa shape index (κ1) is 9.54. The molecule has 2 N–H and O–H groups in total. The number of hydrogen-bond donors (Lipinski definition) is 2. The smallest absolute Gasteiger partial charge is 0.188 e. The summed E-state index contributed by atoms with van der Waals surface area (Å²) in [5.74, 6) is 1.17. The van der Waals surface area contributed by atoms with E-state index in [2.05, 4.69) is 20.7 Å². The second-order valence-corrected chi connectivity index (χ2v) is 3.73. The molecule has 1 atom stereocenters. The summed E-state index contributed by atoms with van der Waals surface area (Å²) in [5.41, 5.74) is 0. The van der Waals surface area contributed by atoms with Gasteiger partial charge in [0.1, 0.15) is 0 Å². The van der Waals surface area contributed by atoms with E-state index in [9.17, 15) is 5.11 Å². The second kappa shape index (κ2) is 4.02. The zero-order chi connectivity index (χ0) is 9.97. The maximum absolute atomic E-state index is 9.55. The first-order chi connectivity index (χ1) is 6.75. The minimum absolute atomic E-state index is 0.216. The summed E-state index contributed by atoms with van der Waals surface area (Å²) in [6.45, 7) is 1.18. The van der Waals surface area contributed by atoms with Crippen LogP contribution in [0.5, 0.6) is 0 Å². The lowest BCUT2D eigenvalue weighted by Gasteiger charge is -2.08. The Bertz CT molecular complexity index is 296. The van der Waals surface area contributed by atoms with Crippen LogP contribution in [0.25, 0.3) is 0 Å². The maximum Gasteiger partial charge on any atom is 0.188 e. The van der Waals surface area contributed by atoms with Crippen molar-refractivity contribution in [3.8, 4) is 0 Å². The van der Waals surface area contributed by atoms with E-state index in [0.717, 1.165) is 12.8 Å². The van der Waals surface area contributed by atoms with Gasteiger partial charge in [-0.3, -0.25) is 0 Å². The van der Waals surface area contributed by atoms with Gasteiger partial charge in [0, 0.05) is 6.54 Å². The van der Waals surface area contributed by atoms with Gasteiger partial charge in [-0.1, -0.05) is 0 Å². The summed E-state index contributed by atoms with van der Waals surface area (Å²) >= 11 is 0. The predicted molar refractivity (Wildman–Crippen MR) is 49.2 cm³/mol. The van der Waals surface area contributed by atoms with Crippen LogP contribution in [0.2, 0.25) is 0 Å². The number of hydrogen-bond acceptors (Lipinski definition) is 5. The highest BCUT2D eigenvalue weighted by molar-refractivity contribution is 4.83. The Kier molecular flexibility index (Phi) is 2.74. The van der Waals surface area contributed by atoms with Crippen molar-refractivity contribution in [2.24, 2.45) is 13.0 Å². The third-order valence-corrected chi connectivity index (χ3v) is 2.35. The fraction of sp³-hybridized carbons (Fsp3) is 0.875. The summed E-state index contributed by atoms with van der Waals surface area (Å²) in [6.07, 6.45) is 2.10. The van der Waals surface area contributed by atoms with Gasteiger partial charge in [-0.15, -0.1) is 10.2 Å². The number of aliphatic hydroxyl groups is 1. The molecule has 14 heavy (non-hydrogen) atoms. The van der Waals surface area contributed by atoms with Crippen LogP contribution in [0.4, 0.5) is 0 Å². The zero-order valence-corrected chi connectivity index (χ0v) is 8.22. The molecule has 0 amide bonds. The van der Waals surface area contributed by atoms with Crippen LogP contribution in [0.15, 0.2) is 0 Å². The van der Waals surface area contributed by atoms with Crippen LogP contribution in [-0.4, -0.2) is 38.0 Å². The first-order valence-corrected chi connectivity index (χ1v) is 4.87. The van der Waals surface area contributed by atoms with Gasteiger partial charge < -0.3 is 10.4 Å². The number of rotatable bonds is 5. The van der Waals surface area contributed by atoms with Gasteiger partial charge in [-0.2, -0.15) is 4.80 Å². The Morgan fingerprint density at radius 3 is 3.00 bits per heavy atom. The monoisotopic (exact) mass is 197 g/mol. The van der Waals surface area contributed by atoms with Crippen LogP contribution in [-0.2, 0) is 13.6 Å². The van der Waals surface area contributed by atoms with Gasteiger partial charge in [-0.25, -0.2) is 0 Å². The molecule has 1 aromatic heterocycles. The molecule has 1 heterocycles. The lowest BCUT2D eigenvalue weighted by atomic mass is 10.2. The van der Waals surface area contributed by atoms with Crippen LogP contribution in [0.1, 0.15) is 18.7 Å². The van der Waals surface area contributed by atoms with Crippen molar-refractivity contribution in [1.29, 1.82) is 0 Å². The van der Waals surface area contributed by atoms with E-state index in [1.165, 1.54) is 4.80 Å². The first-order valence-electron chi connectivity index (χ1n) is 4.87. The van der Waals surface area contributed by atoms with E-state index in [-0.39, 0.29) is 6.10 Å². The zero-order valence-electron chi connectivity index (χ0n) is 8.22. The number of tetrazole rings is 1. The predicted octanol–water partition coefficient (Wildman–Crippen LogP) is -0.929. The lowest BCUT2D eigenvalue weighted by molar-refractivity contribution is 0.148. The Morgan fingerprint density at radius 1 is 1.64 bits per heavy atom. The molecule has 0 aromatic carbocycles. The molecule has 78 valence electrons. The van der Waals surface area contributed by atoms with Gasteiger partial charge in [0.25, 0.3) is 0 Å². The Hall–Kier alpha value is -1.01. The van der Waals surface area contributed by atoms with Gasteiger partial charge in [0.05, 0.1) is 19.7 Å². The van der Waals surface area contributed by atoms with Crippen molar-refractivity contribution in [3.05, 3.63) is 5.82 Å². The minimum atomic E-state index is -0.216. The normalized spacial score (nSPS) is 18.4. The fourth-order valence-electron chi connectivity index (χ4n) is 1.37. The van der Waals surface area contributed by atoms with E-state index in [1.54, 1.807) is 7.05 Å². The molecule has 1 aliphatic carbocycles. The third kappa shape index (κ3) is 2.49. The molecule has 1 fully saturated rings. The molecule has 6 heteroatoms. The maximum atomic E-state index is 9.55. The molecule has 0 aliphatic heterocycles. The van der Waals surface area contributed by atoms with Gasteiger partial charge in [0.2, 0.25) is 0 Å². The molecule has 1 unspecified atom stereocenters. The van der Waals surface area contributed by atoms with Crippen LogP contribution >= 0.6 is 0 Å². The molecular weight excluding hydrogens is 182 g/mol. The molecule has 1 aromatic rings. The van der Waals surface area contributed by atoms with E-state index in [4.69, 9.17) is 0 Å². The molecule has 6 nitrogen and oxygen atoms in total. The second-order valence-electron chi connectivity index (χ2n) is 3.73. The van der Waals surface area contributed by atoms with Gasteiger partial charge in [0.15, 0.2) is 5.82 Å². The quantitative estimate of drug-likeness (QED) is 0.638. The van der Waals surface area contributed by atoms with Crippen LogP contribution in [0.3, 0.4) is 0 Å². The number of nitrogens with one attached hydrogen (secondary N) is 1. The molecule has 1 aliphatic rings. The topological polar surface area (TPSA) is 75.9 Å². The summed E-state index contributed by atoms with van der Waals surface area (Å²) in [4.78, 5) is 1.42. The molecule has 0 bridgehead atoms. The van der Waals surface area contributed by atoms with Crippen molar-refractivity contribution in [2.45, 2.75) is 25.5 Å². The average molecular weight is 197 g/mol. The molecule has 0 spiro atoms. The fourth-order valence-corrected chi connectivity index (χ4v) is 1.37. The number of aryl methyl sites for hydroxylation is 1. The molecule has 2 rings (SSSR count). The molecule has 1 saturated carbocycles. The molecule has 0 radical (unpaired) electrons. The molecular formula is C8H15N5O. The minimum Gasteiger partial charge on any atom is -0.392 e. The van der Waals surface area contributed by atoms with Crippen molar-refractivity contribution in [1.82, 2.24) is 25.5 Å². The Morgan fingerprint density at radius 2 is 2.43 bits per heavy atom. The van der Waals surface area contributed by atoms with E-state index >= 15 is 0 Å². The Labute approximate surface area is 82.3 Å². The highest BCUT2D eigenvalue weighted by Gasteiger charge is 2.29. The Balaban J connectivity index is 1.67. The highest BCUT2D eigenvalue weighted by atomic mass is 16.3. The summed E-state index contributed by atoms with van der Waals surface area (Å²) in [5, 5.41) is 24.2. The van der Waals surface area contributed by atoms with Crippen molar-refractivity contribution in [3.63, 3.8) is 0 Å². The van der Waals surface area contributed by atoms with Gasteiger partial charge in [-0.05, 0) is 24.0 Å². The standard InChI is InChI=1S/C8H15N5O/c1-13-11-8(10-12-13)5-9-4-7(14)6-2-3-6/h6-7,9,14H,2-5H2,1H3. The van der Waals surface area contributed by atoms with Gasteiger partial charge >= 0.3 is 0 Å². The number of aliphatic hydroxyl groups excluding tert-OH is 1. The van der Waals surface area contributed by atoms with Crippen molar-refractivity contribution in [2.75, 3.05) is 6.54 Å². The van der Waals surface area contributed by atoms with Crippen LogP contribution in [0, 0.1) is 5.92 Å².